The Bertz CT molecular complexity index is 837. The van der Waals surface area contributed by atoms with Gasteiger partial charge in [-0.2, -0.15) is 0 Å². The third-order valence-electron chi connectivity index (χ3n) is 7.07. The summed E-state index contributed by atoms with van der Waals surface area (Å²) in [4.78, 5) is 18.0. The molecule has 0 unspecified atom stereocenters. The van der Waals surface area contributed by atoms with E-state index in [1.165, 1.54) is 44.1 Å². The molecule has 6 rings (SSSR count). The van der Waals surface area contributed by atoms with Crippen LogP contribution in [0.4, 0.5) is 0 Å². The second kappa shape index (κ2) is 7.20. The Hall–Kier alpha value is -2.42. The molecule has 28 heavy (non-hydrogen) atoms. The number of hydrogen-bond donors (Lipinski definition) is 1. The number of amidine groups is 1. The van der Waals surface area contributed by atoms with E-state index in [1.54, 1.807) is 0 Å². The summed E-state index contributed by atoms with van der Waals surface area (Å²) < 4.78 is 0. The first-order valence-electron chi connectivity index (χ1n) is 10.7. The Morgan fingerprint density at radius 3 is 1.96 bits per heavy atom. The quantitative estimate of drug-likeness (QED) is 0.579. The predicted octanol–water partition coefficient (Wildman–Crippen LogP) is 5.23. The second-order valence-electron chi connectivity index (χ2n) is 9.17. The highest BCUT2D eigenvalue weighted by Crippen LogP contribution is 2.60. The number of nitrogens with one attached hydrogen (secondary N) is 1. The van der Waals surface area contributed by atoms with Gasteiger partial charge in [0.1, 0.15) is 5.84 Å². The number of nitrogens with zero attached hydrogens (tertiary/aromatic N) is 1. The standard InChI is InChI=1S/C25H28N2O/c28-23(22-9-5-2-6-10-22)27-24(26-17-18-7-3-1-4-8-18)25-14-19-11-20(15-25)13-21(12-19)16-25/h1-10,19-21H,11-17H2,(H,26,27,28). The molecule has 4 aliphatic carbocycles. The van der Waals surface area contributed by atoms with Crippen LogP contribution in [0.3, 0.4) is 0 Å². The predicted molar refractivity (Wildman–Crippen MR) is 112 cm³/mol. The maximum absolute atomic E-state index is 13.0. The van der Waals surface area contributed by atoms with Crippen molar-refractivity contribution in [2.75, 3.05) is 0 Å². The van der Waals surface area contributed by atoms with Gasteiger partial charge in [0.15, 0.2) is 0 Å². The molecule has 3 nitrogen and oxygen atoms in total. The number of carbonyl (C=O) groups is 1. The third kappa shape index (κ3) is 3.39. The monoisotopic (exact) mass is 372 g/mol. The molecule has 0 saturated heterocycles. The molecule has 2 aromatic rings. The van der Waals surface area contributed by atoms with Gasteiger partial charge in [-0.3, -0.25) is 9.79 Å². The van der Waals surface area contributed by atoms with Crippen molar-refractivity contribution in [3.8, 4) is 0 Å². The van der Waals surface area contributed by atoms with Crippen LogP contribution >= 0.6 is 0 Å². The van der Waals surface area contributed by atoms with E-state index in [2.05, 4.69) is 29.6 Å². The Kier molecular flexibility index (Phi) is 4.54. The molecule has 0 atom stereocenters. The molecule has 4 bridgehead atoms. The summed E-state index contributed by atoms with van der Waals surface area (Å²) in [6.45, 7) is 0.632. The number of aliphatic imine (C=N–C) groups is 1. The SMILES string of the molecule is O=C(NC(=NCc1ccccc1)C12CC3CC(CC(C3)C1)C2)c1ccccc1. The fraction of sp³-hybridized carbons (Fsp3) is 0.440. The molecule has 0 aliphatic heterocycles. The fourth-order valence-corrected chi connectivity index (χ4v) is 6.26. The lowest BCUT2D eigenvalue weighted by molar-refractivity contribution is -0.0141. The van der Waals surface area contributed by atoms with Crippen molar-refractivity contribution >= 4 is 11.7 Å². The van der Waals surface area contributed by atoms with Gasteiger partial charge in [0.05, 0.1) is 6.54 Å². The highest BCUT2D eigenvalue weighted by atomic mass is 16.1. The van der Waals surface area contributed by atoms with Crippen molar-refractivity contribution in [1.29, 1.82) is 0 Å². The van der Waals surface area contributed by atoms with Crippen LogP contribution in [0.5, 0.6) is 0 Å². The molecule has 4 fully saturated rings. The van der Waals surface area contributed by atoms with Gasteiger partial charge in [-0.05, 0) is 74.0 Å². The largest absolute Gasteiger partial charge is 0.310 e. The minimum Gasteiger partial charge on any atom is -0.310 e. The molecule has 144 valence electrons. The van der Waals surface area contributed by atoms with Gasteiger partial charge in [-0.25, -0.2) is 0 Å². The van der Waals surface area contributed by atoms with Crippen LogP contribution in [0.2, 0.25) is 0 Å². The number of benzene rings is 2. The summed E-state index contributed by atoms with van der Waals surface area (Å²) in [6, 6.07) is 19.9. The van der Waals surface area contributed by atoms with Crippen LogP contribution in [-0.4, -0.2) is 11.7 Å². The van der Waals surface area contributed by atoms with Crippen molar-refractivity contribution in [3.63, 3.8) is 0 Å². The number of rotatable bonds is 4. The molecule has 0 spiro atoms. The Balaban J connectivity index is 1.45. The number of hydrogen-bond acceptors (Lipinski definition) is 2. The molecule has 0 heterocycles. The number of amides is 1. The molecule has 0 aromatic heterocycles. The lowest BCUT2D eigenvalue weighted by Gasteiger charge is -2.56. The van der Waals surface area contributed by atoms with E-state index in [9.17, 15) is 4.79 Å². The maximum Gasteiger partial charge on any atom is 0.256 e. The maximum atomic E-state index is 13.0. The normalized spacial score (nSPS) is 31.0. The summed E-state index contributed by atoms with van der Waals surface area (Å²) in [7, 11) is 0. The Morgan fingerprint density at radius 1 is 0.857 bits per heavy atom. The minimum absolute atomic E-state index is 0.0249. The first kappa shape index (κ1) is 17.7. The van der Waals surface area contributed by atoms with Gasteiger partial charge in [0, 0.05) is 11.0 Å². The third-order valence-corrected chi connectivity index (χ3v) is 7.07. The average Bonchev–Trinajstić information content (AvgIpc) is 2.71. The van der Waals surface area contributed by atoms with Crippen LogP contribution in [0.1, 0.15) is 54.4 Å². The molecule has 4 saturated carbocycles. The molecule has 0 radical (unpaired) electrons. The van der Waals surface area contributed by atoms with Crippen molar-refractivity contribution in [2.45, 2.75) is 45.1 Å². The molecule has 2 aromatic carbocycles. The zero-order valence-corrected chi connectivity index (χ0v) is 16.3. The molecule has 1 N–H and O–H groups in total. The first-order chi connectivity index (χ1) is 13.7. The van der Waals surface area contributed by atoms with Crippen LogP contribution in [0.25, 0.3) is 0 Å². The van der Waals surface area contributed by atoms with Crippen molar-refractivity contribution < 1.29 is 4.79 Å². The van der Waals surface area contributed by atoms with Gasteiger partial charge in [-0.1, -0.05) is 48.5 Å². The van der Waals surface area contributed by atoms with Crippen molar-refractivity contribution in [1.82, 2.24) is 5.32 Å². The van der Waals surface area contributed by atoms with E-state index < -0.39 is 0 Å². The smallest absolute Gasteiger partial charge is 0.256 e. The molecule has 3 heteroatoms. The zero-order chi connectivity index (χ0) is 19.0. The lowest BCUT2D eigenvalue weighted by Crippen LogP contribution is -2.54. The highest BCUT2D eigenvalue weighted by molar-refractivity contribution is 6.08. The summed E-state index contributed by atoms with van der Waals surface area (Å²) in [5, 5.41) is 3.27. The molecular weight excluding hydrogens is 344 g/mol. The summed E-state index contributed by atoms with van der Waals surface area (Å²) in [5.41, 5.74) is 1.98. The van der Waals surface area contributed by atoms with Crippen LogP contribution < -0.4 is 5.32 Å². The molecular formula is C25H28N2O. The van der Waals surface area contributed by atoms with E-state index >= 15 is 0 Å². The fourth-order valence-electron chi connectivity index (χ4n) is 6.26. The Labute approximate surface area is 167 Å². The van der Waals surface area contributed by atoms with E-state index in [4.69, 9.17) is 4.99 Å². The van der Waals surface area contributed by atoms with Crippen LogP contribution in [0.15, 0.2) is 65.7 Å². The highest BCUT2D eigenvalue weighted by Gasteiger charge is 2.53. The van der Waals surface area contributed by atoms with Crippen molar-refractivity contribution in [2.24, 2.45) is 28.2 Å². The minimum atomic E-state index is -0.0249. The van der Waals surface area contributed by atoms with E-state index in [-0.39, 0.29) is 11.3 Å². The average molecular weight is 373 g/mol. The summed E-state index contributed by atoms with van der Waals surface area (Å²) in [5.74, 6) is 3.39. The zero-order valence-electron chi connectivity index (χ0n) is 16.3. The van der Waals surface area contributed by atoms with Crippen LogP contribution in [0, 0.1) is 23.2 Å². The van der Waals surface area contributed by atoms with Crippen LogP contribution in [-0.2, 0) is 6.54 Å². The van der Waals surface area contributed by atoms with Crippen molar-refractivity contribution in [3.05, 3.63) is 71.8 Å². The van der Waals surface area contributed by atoms with E-state index in [0.29, 0.717) is 12.1 Å². The lowest BCUT2D eigenvalue weighted by atomic mass is 9.49. The molecule has 1 amide bonds. The summed E-state index contributed by atoms with van der Waals surface area (Å²) in [6.07, 6.45) is 7.75. The van der Waals surface area contributed by atoms with Gasteiger partial charge in [-0.15, -0.1) is 0 Å². The Morgan fingerprint density at radius 2 is 1.39 bits per heavy atom. The van der Waals surface area contributed by atoms with E-state index in [0.717, 1.165) is 23.6 Å². The van der Waals surface area contributed by atoms with Gasteiger partial charge in [0.25, 0.3) is 5.91 Å². The van der Waals surface area contributed by atoms with Gasteiger partial charge in [0.2, 0.25) is 0 Å². The summed E-state index contributed by atoms with van der Waals surface area (Å²) >= 11 is 0. The first-order valence-corrected chi connectivity index (χ1v) is 10.7. The number of carbonyl (C=O) groups excluding carboxylic acids is 1. The second-order valence-corrected chi connectivity index (χ2v) is 9.17. The topological polar surface area (TPSA) is 41.5 Å². The van der Waals surface area contributed by atoms with E-state index in [1.807, 2.05) is 36.4 Å². The molecule has 4 aliphatic rings. The van der Waals surface area contributed by atoms with Gasteiger partial charge < -0.3 is 5.32 Å². The van der Waals surface area contributed by atoms with Gasteiger partial charge >= 0.3 is 0 Å².